The van der Waals surface area contributed by atoms with E-state index in [0.29, 0.717) is 17.6 Å². The molecule has 1 saturated carbocycles. The summed E-state index contributed by atoms with van der Waals surface area (Å²) < 4.78 is 0. The number of carbonyl (C=O) groups excluding carboxylic acids is 1. The Balaban J connectivity index is 2.48. The van der Waals surface area contributed by atoms with E-state index in [0.717, 1.165) is 12.8 Å². The first-order valence-electron chi connectivity index (χ1n) is 4.29. The Morgan fingerprint density at radius 2 is 1.60 bits per heavy atom. The van der Waals surface area contributed by atoms with Crippen molar-refractivity contribution in [2.75, 3.05) is 0 Å². The molecule has 0 saturated heterocycles. The summed E-state index contributed by atoms with van der Waals surface area (Å²) in [5, 5.41) is 0. The highest BCUT2D eigenvalue weighted by Gasteiger charge is 2.29. The van der Waals surface area contributed by atoms with Gasteiger partial charge in [-0.15, -0.1) is 0 Å². The molecule has 58 valence electrons. The van der Waals surface area contributed by atoms with Crippen LogP contribution in [0.1, 0.15) is 39.5 Å². The minimum absolute atomic E-state index is 0.485. The van der Waals surface area contributed by atoms with Gasteiger partial charge >= 0.3 is 0 Å². The van der Waals surface area contributed by atoms with Crippen LogP contribution in [0.15, 0.2) is 0 Å². The van der Waals surface area contributed by atoms with Gasteiger partial charge in [0, 0.05) is 12.8 Å². The van der Waals surface area contributed by atoms with Crippen molar-refractivity contribution < 1.29 is 4.79 Å². The first kappa shape index (κ1) is 7.77. The van der Waals surface area contributed by atoms with Crippen molar-refractivity contribution >= 4 is 5.78 Å². The van der Waals surface area contributed by atoms with Gasteiger partial charge in [-0.2, -0.15) is 0 Å². The summed E-state index contributed by atoms with van der Waals surface area (Å²) in [7, 11) is 0. The molecule has 1 aliphatic carbocycles. The maximum absolute atomic E-state index is 11.0. The first-order valence-corrected chi connectivity index (χ1v) is 4.29. The van der Waals surface area contributed by atoms with E-state index < -0.39 is 0 Å². The van der Waals surface area contributed by atoms with Gasteiger partial charge in [0.25, 0.3) is 0 Å². The zero-order valence-electron chi connectivity index (χ0n) is 6.89. The summed E-state index contributed by atoms with van der Waals surface area (Å²) >= 11 is 0. The van der Waals surface area contributed by atoms with Crippen LogP contribution in [0.5, 0.6) is 0 Å². The quantitative estimate of drug-likeness (QED) is 0.575. The lowest BCUT2D eigenvalue weighted by Crippen LogP contribution is -2.04. The van der Waals surface area contributed by atoms with Crippen LogP contribution in [0, 0.1) is 11.8 Å². The van der Waals surface area contributed by atoms with Crippen molar-refractivity contribution in [1.29, 1.82) is 0 Å². The average molecular weight is 140 g/mol. The molecule has 0 radical (unpaired) electrons. The SMILES string of the molecule is CCC1CC(=O)CC1CC. The molecule has 1 aliphatic rings. The summed E-state index contributed by atoms with van der Waals surface area (Å²) in [5.74, 6) is 1.90. The van der Waals surface area contributed by atoms with Crippen LogP contribution in [-0.2, 0) is 4.79 Å². The third-order valence-corrected chi connectivity index (χ3v) is 2.70. The Morgan fingerprint density at radius 1 is 1.20 bits per heavy atom. The molecule has 1 rings (SSSR count). The Morgan fingerprint density at radius 3 is 1.90 bits per heavy atom. The Bertz CT molecular complexity index is 115. The molecule has 10 heavy (non-hydrogen) atoms. The van der Waals surface area contributed by atoms with Crippen molar-refractivity contribution in [2.45, 2.75) is 39.5 Å². The molecule has 1 heteroatoms. The third kappa shape index (κ3) is 1.39. The van der Waals surface area contributed by atoms with Gasteiger partial charge in [-0.1, -0.05) is 26.7 Å². The van der Waals surface area contributed by atoms with Crippen LogP contribution in [0.4, 0.5) is 0 Å². The van der Waals surface area contributed by atoms with Crippen molar-refractivity contribution in [3.8, 4) is 0 Å². The van der Waals surface area contributed by atoms with Crippen LogP contribution in [0.2, 0.25) is 0 Å². The van der Waals surface area contributed by atoms with E-state index in [1.165, 1.54) is 12.8 Å². The minimum atomic E-state index is 0.485. The monoisotopic (exact) mass is 140 g/mol. The smallest absolute Gasteiger partial charge is 0.133 e. The fourth-order valence-corrected chi connectivity index (χ4v) is 1.96. The molecule has 1 nitrogen and oxygen atoms in total. The van der Waals surface area contributed by atoms with E-state index in [2.05, 4.69) is 13.8 Å². The molecule has 1 fully saturated rings. The molecule has 0 bridgehead atoms. The van der Waals surface area contributed by atoms with Crippen LogP contribution in [0.3, 0.4) is 0 Å². The molecule has 2 unspecified atom stereocenters. The summed E-state index contributed by atoms with van der Waals surface area (Å²) in [4.78, 5) is 11.0. The summed E-state index contributed by atoms with van der Waals surface area (Å²) in [6, 6.07) is 0. The van der Waals surface area contributed by atoms with Gasteiger partial charge in [0.05, 0.1) is 0 Å². The number of Topliss-reactive ketones (excluding diaryl/α,β-unsaturated/α-hetero) is 1. The molecule has 0 aliphatic heterocycles. The highest BCUT2D eigenvalue weighted by atomic mass is 16.1. The standard InChI is InChI=1S/C9H16O/c1-3-7-5-9(10)6-8(7)4-2/h7-8H,3-6H2,1-2H3. The number of hydrogen-bond acceptors (Lipinski definition) is 1. The summed E-state index contributed by atoms with van der Waals surface area (Å²) in [6.45, 7) is 4.37. The molecule has 0 aromatic heterocycles. The number of rotatable bonds is 2. The first-order chi connectivity index (χ1) is 4.77. The maximum atomic E-state index is 11.0. The second-order valence-electron chi connectivity index (χ2n) is 3.28. The fourth-order valence-electron chi connectivity index (χ4n) is 1.96. The zero-order chi connectivity index (χ0) is 7.56. The second-order valence-corrected chi connectivity index (χ2v) is 3.28. The lowest BCUT2D eigenvalue weighted by molar-refractivity contribution is -0.117. The van der Waals surface area contributed by atoms with Crippen LogP contribution in [0.25, 0.3) is 0 Å². The van der Waals surface area contributed by atoms with Crippen molar-refractivity contribution in [3.63, 3.8) is 0 Å². The molecule has 0 amide bonds. The Hall–Kier alpha value is -0.330. The van der Waals surface area contributed by atoms with Crippen LogP contribution >= 0.6 is 0 Å². The molecule has 0 heterocycles. The van der Waals surface area contributed by atoms with E-state index in [4.69, 9.17) is 0 Å². The van der Waals surface area contributed by atoms with Gasteiger partial charge in [0.1, 0.15) is 5.78 Å². The summed E-state index contributed by atoms with van der Waals surface area (Å²) in [5.41, 5.74) is 0. The highest BCUT2D eigenvalue weighted by molar-refractivity contribution is 5.81. The van der Waals surface area contributed by atoms with E-state index >= 15 is 0 Å². The molecular weight excluding hydrogens is 124 g/mol. The molecule has 0 aromatic rings. The predicted octanol–water partition coefficient (Wildman–Crippen LogP) is 2.40. The lowest BCUT2D eigenvalue weighted by Gasteiger charge is -2.13. The molecule has 0 spiro atoms. The van der Waals surface area contributed by atoms with Crippen molar-refractivity contribution in [2.24, 2.45) is 11.8 Å². The Labute approximate surface area is 62.8 Å². The molecule has 2 atom stereocenters. The van der Waals surface area contributed by atoms with E-state index in [-0.39, 0.29) is 0 Å². The number of hydrogen-bond donors (Lipinski definition) is 0. The molecule has 0 aromatic carbocycles. The number of carbonyl (C=O) groups is 1. The van der Waals surface area contributed by atoms with E-state index in [9.17, 15) is 4.79 Å². The van der Waals surface area contributed by atoms with Crippen LogP contribution in [-0.4, -0.2) is 5.78 Å². The van der Waals surface area contributed by atoms with Crippen LogP contribution < -0.4 is 0 Å². The van der Waals surface area contributed by atoms with Gasteiger partial charge in [0.2, 0.25) is 0 Å². The average Bonchev–Trinajstić information content (AvgIpc) is 2.30. The van der Waals surface area contributed by atoms with Gasteiger partial charge in [-0.25, -0.2) is 0 Å². The zero-order valence-corrected chi connectivity index (χ0v) is 6.89. The van der Waals surface area contributed by atoms with E-state index in [1.54, 1.807) is 0 Å². The normalized spacial score (nSPS) is 33.2. The summed E-state index contributed by atoms with van der Waals surface area (Å²) in [6.07, 6.45) is 4.08. The number of ketones is 1. The van der Waals surface area contributed by atoms with Gasteiger partial charge in [0.15, 0.2) is 0 Å². The van der Waals surface area contributed by atoms with Crippen molar-refractivity contribution in [1.82, 2.24) is 0 Å². The van der Waals surface area contributed by atoms with E-state index in [1.807, 2.05) is 0 Å². The van der Waals surface area contributed by atoms with Gasteiger partial charge in [-0.3, -0.25) is 4.79 Å². The van der Waals surface area contributed by atoms with Gasteiger partial charge in [-0.05, 0) is 11.8 Å². The van der Waals surface area contributed by atoms with Gasteiger partial charge < -0.3 is 0 Å². The molecule has 0 N–H and O–H groups in total. The molecular formula is C9H16O. The minimum Gasteiger partial charge on any atom is -0.300 e. The highest BCUT2D eigenvalue weighted by Crippen LogP contribution is 2.33. The Kier molecular flexibility index (Phi) is 2.47. The third-order valence-electron chi connectivity index (χ3n) is 2.70. The van der Waals surface area contributed by atoms with Crippen molar-refractivity contribution in [3.05, 3.63) is 0 Å². The second kappa shape index (κ2) is 3.18. The maximum Gasteiger partial charge on any atom is 0.133 e. The largest absolute Gasteiger partial charge is 0.300 e. The lowest BCUT2D eigenvalue weighted by atomic mass is 9.92. The predicted molar refractivity (Wildman–Crippen MR) is 41.8 cm³/mol. The topological polar surface area (TPSA) is 17.1 Å². The fraction of sp³-hybridized carbons (Fsp3) is 0.889.